The number of rotatable bonds is 4. The Bertz CT molecular complexity index is 750. The number of carboxylic acids is 1. The first-order chi connectivity index (χ1) is 9.40. The maximum atomic E-state index is 13.7. The molecule has 0 amide bonds. The molecule has 0 saturated carbocycles. The number of aromatic carboxylic acids is 1. The second-order valence-corrected chi connectivity index (χ2v) is 5.30. The lowest BCUT2D eigenvalue weighted by Crippen LogP contribution is -2.16. The van der Waals surface area contributed by atoms with E-state index in [0.717, 1.165) is 18.3 Å². The van der Waals surface area contributed by atoms with Gasteiger partial charge in [0.25, 0.3) is 10.0 Å². The second-order valence-electron chi connectivity index (χ2n) is 3.65. The number of carboxylic acid groups (broad SMARTS) is 1. The van der Waals surface area contributed by atoms with Crippen LogP contribution >= 0.6 is 0 Å². The first-order valence-electron chi connectivity index (χ1n) is 5.22. The van der Waals surface area contributed by atoms with E-state index in [1.165, 1.54) is 12.4 Å². The van der Waals surface area contributed by atoms with Crippen molar-refractivity contribution in [1.29, 1.82) is 0 Å². The Labute approximate surface area is 113 Å². The van der Waals surface area contributed by atoms with Gasteiger partial charge in [-0.3, -0.25) is 9.71 Å². The fraction of sp³-hybridized carbons (Fsp3) is 0. The highest BCUT2D eigenvalue weighted by Gasteiger charge is 2.21. The van der Waals surface area contributed by atoms with Gasteiger partial charge in [0, 0.05) is 12.4 Å². The van der Waals surface area contributed by atoms with E-state index >= 15 is 0 Å². The van der Waals surface area contributed by atoms with E-state index < -0.39 is 26.7 Å². The van der Waals surface area contributed by atoms with E-state index in [1.54, 1.807) is 0 Å². The van der Waals surface area contributed by atoms with Crippen LogP contribution in [0.2, 0.25) is 0 Å². The van der Waals surface area contributed by atoms with Crippen molar-refractivity contribution >= 4 is 21.8 Å². The highest BCUT2D eigenvalue weighted by atomic mass is 32.2. The minimum absolute atomic E-state index is 0.0748. The molecule has 0 unspecified atom stereocenters. The molecule has 0 fully saturated rings. The van der Waals surface area contributed by atoms with Crippen LogP contribution in [0.3, 0.4) is 0 Å². The summed E-state index contributed by atoms with van der Waals surface area (Å²) in [6, 6.07) is 2.50. The van der Waals surface area contributed by atoms with Gasteiger partial charge in [-0.15, -0.1) is 0 Å². The number of hydrogen-bond donors (Lipinski definition) is 2. The quantitative estimate of drug-likeness (QED) is 0.875. The summed E-state index contributed by atoms with van der Waals surface area (Å²) >= 11 is 0. The molecule has 7 nitrogen and oxygen atoms in total. The van der Waals surface area contributed by atoms with Crippen LogP contribution < -0.4 is 4.72 Å². The smallest absolute Gasteiger partial charge is 0.335 e. The fourth-order valence-corrected chi connectivity index (χ4v) is 2.45. The minimum Gasteiger partial charge on any atom is -0.478 e. The number of nitrogens with one attached hydrogen (secondary N) is 1. The lowest BCUT2D eigenvalue weighted by Gasteiger charge is -2.08. The third kappa shape index (κ3) is 2.88. The zero-order chi connectivity index (χ0) is 14.8. The molecule has 2 N–H and O–H groups in total. The van der Waals surface area contributed by atoms with Crippen LogP contribution in [0.5, 0.6) is 0 Å². The summed E-state index contributed by atoms with van der Waals surface area (Å²) in [5.74, 6) is -2.59. The minimum atomic E-state index is -4.21. The van der Waals surface area contributed by atoms with Crippen molar-refractivity contribution in [2.75, 3.05) is 4.72 Å². The SMILES string of the molecule is O=C(O)c1ccc(S(=O)(=O)Nc2cnccn2)c(F)c1. The monoisotopic (exact) mass is 297 g/mol. The van der Waals surface area contributed by atoms with Crippen LogP contribution in [0.1, 0.15) is 10.4 Å². The molecule has 1 heterocycles. The molecule has 0 spiro atoms. The van der Waals surface area contributed by atoms with Crippen LogP contribution in [0.4, 0.5) is 10.2 Å². The van der Waals surface area contributed by atoms with Gasteiger partial charge in [-0.05, 0) is 18.2 Å². The number of halogens is 1. The molecule has 2 aromatic rings. The molecule has 1 aromatic carbocycles. The maximum Gasteiger partial charge on any atom is 0.335 e. The molecule has 0 aliphatic carbocycles. The third-order valence-corrected chi connectivity index (χ3v) is 3.66. The first-order valence-corrected chi connectivity index (χ1v) is 6.70. The average molecular weight is 297 g/mol. The normalized spacial score (nSPS) is 11.1. The van der Waals surface area contributed by atoms with Gasteiger partial charge in [0.1, 0.15) is 10.7 Å². The molecule has 20 heavy (non-hydrogen) atoms. The summed E-state index contributed by atoms with van der Waals surface area (Å²) < 4.78 is 39.6. The predicted molar refractivity (Wildman–Crippen MR) is 66.2 cm³/mol. The number of aromatic nitrogens is 2. The van der Waals surface area contributed by atoms with Crippen molar-refractivity contribution in [2.45, 2.75) is 4.90 Å². The number of anilines is 1. The summed E-state index contributed by atoms with van der Waals surface area (Å²) in [6.07, 6.45) is 3.77. The summed E-state index contributed by atoms with van der Waals surface area (Å²) in [7, 11) is -4.21. The van der Waals surface area contributed by atoms with Crippen molar-refractivity contribution < 1.29 is 22.7 Å². The van der Waals surface area contributed by atoms with Crippen LogP contribution in [0, 0.1) is 5.82 Å². The Kier molecular flexibility index (Phi) is 3.61. The molecule has 0 aliphatic rings. The Morgan fingerprint density at radius 3 is 2.60 bits per heavy atom. The first kappa shape index (κ1) is 13.9. The lowest BCUT2D eigenvalue weighted by atomic mass is 10.2. The summed E-state index contributed by atoms with van der Waals surface area (Å²) in [6.45, 7) is 0. The van der Waals surface area contributed by atoms with E-state index in [0.29, 0.717) is 6.07 Å². The average Bonchev–Trinajstić information content (AvgIpc) is 2.38. The van der Waals surface area contributed by atoms with Gasteiger partial charge in [0.15, 0.2) is 5.82 Å². The lowest BCUT2D eigenvalue weighted by molar-refractivity contribution is 0.0696. The largest absolute Gasteiger partial charge is 0.478 e. The van der Waals surface area contributed by atoms with E-state index in [9.17, 15) is 17.6 Å². The van der Waals surface area contributed by atoms with Crippen molar-refractivity contribution in [3.8, 4) is 0 Å². The summed E-state index contributed by atoms with van der Waals surface area (Å²) in [5.41, 5.74) is -0.346. The molecule has 0 aliphatic heterocycles. The molecular weight excluding hydrogens is 289 g/mol. The van der Waals surface area contributed by atoms with Gasteiger partial charge in [0.2, 0.25) is 0 Å². The zero-order valence-corrected chi connectivity index (χ0v) is 10.6. The van der Waals surface area contributed by atoms with Crippen LogP contribution in [-0.2, 0) is 10.0 Å². The summed E-state index contributed by atoms with van der Waals surface area (Å²) in [4.78, 5) is 17.3. The van der Waals surface area contributed by atoms with Crippen molar-refractivity contribution in [1.82, 2.24) is 9.97 Å². The van der Waals surface area contributed by atoms with Gasteiger partial charge in [-0.2, -0.15) is 0 Å². The van der Waals surface area contributed by atoms with Gasteiger partial charge >= 0.3 is 5.97 Å². The van der Waals surface area contributed by atoms with Gasteiger partial charge in [-0.1, -0.05) is 0 Å². The van der Waals surface area contributed by atoms with Crippen LogP contribution in [-0.4, -0.2) is 29.5 Å². The Balaban J connectivity index is 2.37. The number of nitrogens with zero attached hydrogens (tertiary/aromatic N) is 2. The Morgan fingerprint density at radius 1 is 1.30 bits per heavy atom. The summed E-state index contributed by atoms with van der Waals surface area (Å²) in [5, 5.41) is 8.69. The molecule has 1 aromatic heterocycles. The topological polar surface area (TPSA) is 109 Å². The molecule has 0 radical (unpaired) electrons. The molecule has 2 rings (SSSR count). The fourth-order valence-electron chi connectivity index (χ4n) is 1.40. The van der Waals surface area contributed by atoms with E-state index in [1.807, 2.05) is 4.72 Å². The number of sulfonamides is 1. The highest BCUT2D eigenvalue weighted by Crippen LogP contribution is 2.18. The molecule has 104 valence electrons. The molecule has 9 heteroatoms. The van der Waals surface area contributed by atoms with Crippen molar-refractivity contribution in [2.24, 2.45) is 0 Å². The molecule has 0 bridgehead atoms. The van der Waals surface area contributed by atoms with Crippen LogP contribution in [0.15, 0.2) is 41.7 Å². The number of carbonyl (C=O) groups is 1. The Morgan fingerprint density at radius 2 is 2.05 bits per heavy atom. The Hall–Kier alpha value is -2.55. The second kappa shape index (κ2) is 5.21. The van der Waals surface area contributed by atoms with Gasteiger partial charge in [-0.25, -0.2) is 22.6 Å². The van der Waals surface area contributed by atoms with Gasteiger partial charge < -0.3 is 5.11 Å². The molecule has 0 saturated heterocycles. The maximum absolute atomic E-state index is 13.7. The number of hydrogen-bond acceptors (Lipinski definition) is 5. The van der Waals surface area contributed by atoms with Crippen molar-refractivity contribution in [3.05, 3.63) is 48.2 Å². The van der Waals surface area contributed by atoms with E-state index in [4.69, 9.17) is 5.11 Å². The number of benzene rings is 1. The highest BCUT2D eigenvalue weighted by molar-refractivity contribution is 7.92. The molecular formula is C11H8FN3O4S. The molecule has 0 atom stereocenters. The zero-order valence-electron chi connectivity index (χ0n) is 9.82. The van der Waals surface area contributed by atoms with E-state index in [2.05, 4.69) is 9.97 Å². The van der Waals surface area contributed by atoms with E-state index in [-0.39, 0.29) is 11.4 Å². The third-order valence-electron chi connectivity index (χ3n) is 2.27. The predicted octanol–water partition coefficient (Wildman–Crippen LogP) is 1.11. The standard InChI is InChI=1S/C11H8FN3O4S/c12-8-5-7(11(16)17)1-2-9(8)20(18,19)15-10-6-13-3-4-14-10/h1-6H,(H,14,15)(H,16,17). The van der Waals surface area contributed by atoms with Gasteiger partial charge in [0.05, 0.1) is 11.8 Å². The van der Waals surface area contributed by atoms with Crippen molar-refractivity contribution in [3.63, 3.8) is 0 Å². The van der Waals surface area contributed by atoms with Crippen LogP contribution in [0.25, 0.3) is 0 Å².